The van der Waals surface area contributed by atoms with Crippen LogP contribution in [0.1, 0.15) is 11.4 Å². The van der Waals surface area contributed by atoms with Crippen LogP contribution in [-0.4, -0.2) is 30.2 Å². The van der Waals surface area contributed by atoms with Crippen molar-refractivity contribution in [3.05, 3.63) is 35.4 Å². The molecule has 0 unspecified atom stereocenters. The van der Waals surface area contributed by atoms with Gasteiger partial charge in [-0.05, 0) is 0 Å². The first-order valence-electron chi connectivity index (χ1n) is 5.76. The largest absolute Gasteiger partial charge is 0.325 e. The first-order chi connectivity index (χ1) is 9.24. The van der Waals surface area contributed by atoms with Crippen LogP contribution in [0.4, 0.5) is 0 Å². The fraction of sp³-hybridized carbons (Fsp3) is 0.273. The number of ketones is 1. The Morgan fingerprint density at radius 3 is 3.00 bits per heavy atom. The average molecular weight is 276 g/mol. The van der Waals surface area contributed by atoms with E-state index in [0.29, 0.717) is 18.7 Å². The molecule has 0 aromatic carbocycles. The summed E-state index contributed by atoms with van der Waals surface area (Å²) in [5.74, 6) is 0.0409. The molecule has 3 heterocycles. The molecule has 0 bridgehead atoms. The van der Waals surface area contributed by atoms with Gasteiger partial charge < -0.3 is 5.73 Å². The molecule has 0 aliphatic carbocycles. The van der Waals surface area contributed by atoms with Gasteiger partial charge in [-0.15, -0.1) is 16.4 Å². The number of carbonyl (C=O) groups is 1. The van der Waals surface area contributed by atoms with Crippen LogP contribution >= 0.6 is 11.3 Å². The molecule has 0 saturated heterocycles. The van der Waals surface area contributed by atoms with Crippen molar-refractivity contribution in [3.8, 4) is 0 Å². The fourth-order valence-corrected chi connectivity index (χ4v) is 2.53. The predicted octanol–water partition coefficient (Wildman–Crippen LogP) is 0.258. The molecule has 0 amide bonds. The van der Waals surface area contributed by atoms with Crippen LogP contribution in [0.2, 0.25) is 0 Å². The number of fused-ring (bicyclic) bond motifs is 1. The van der Waals surface area contributed by atoms with E-state index in [0.717, 1.165) is 10.7 Å². The third kappa shape index (κ3) is 2.54. The summed E-state index contributed by atoms with van der Waals surface area (Å²) >= 11 is 1.54. The molecule has 19 heavy (non-hydrogen) atoms. The van der Waals surface area contributed by atoms with E-state index in [9.17, 15) is 4.79 Å². The molecule has 0 radical (unpaired) electrons. The minimum absolute atomic E-state index is 0.0409. The second-order valence-electron chi connectivity index (χ2n) is 4.15. The Morgan fingerprint density at radius 2 is 2.26 bits per heavy atom. The first-order valence-corrected chi connectivity index (χ1v) is 6.64. The Kier molecular flexibility index (Phi) is 3.10. The minimum atomic E-state index is 0.0409. The number of aromatic nitrogens is 5. The number of hydrogen-bond donors (Lipinski definition) is 1. The van der Waals surface area contributed by atoms with E-state index >= 15 is 0 Å². The van der Waals surface area contributed by atoms with Gasteiger partial charge in [-0.1, -0.05) is 5.21 Å². The lowest BCUT2D eigenvalue weighted by molar-refractivity contribution is -0.119. The van der Waals surface area contributed by atoms with Gasteiger partial charge in [0.25, 0.3) is 0 Å². The van der Waals surface area contributed by atoms with Crippen molar-refractivity contribution in [1.82, 2.24) is 24.4 Å². The van der Waals surface area contributed by atoms with E-state index in [1.807, 2.05) is 22.2 Å². The van der Waals surface area contributed by atoms with Crippen molar-refractivity contribution < 1.29 is 4.79 Å². The maximum atomic E-state index is 11.9. The van der Waals surface area contributed by atoms with Crippen molar-refractivity contribution in [3.63, 3.8) is 0 Å². The summed E-state index contributed by atoms with van der Waals surface area (Å²) in [5, 5.41) is 9.64. The third-order valence-corrected chi connectivity index (χ3v) is 3.43. The maximum Gasteiger partial charge on any atom is 0.193 e. The Labute approximate surface area is 112 Å². The van der Waals surface area contributed by atoms with E-state index < -0.39 is 0 Å². The Balaban J connectivity index is 1.66. The summed E-state index contributed by atoms with van der Waals surface area (Å²) in [7, 11) is 0. The summed E-state index contributed by atoms with van der Waals surface area (Å²) in [6, 6.07) is 0. The molecule has 8 heteroatoms. The fourth-order valence-electron chi connectivity index (χ4n) is 1.81. The quantitative estimate of drug-likeness (QED) is 0.721. The van der Waals surface area contributed by atoms with Crippen LogP contribution < -0.4 is 5.73 Å². The number of Topliss-reactive ketones (excluding diaryl/α,β-unsaturated/α-hetero) is 1. The Morgan fingerprint density at radius 1 is 1.37 bits per heavy atom. The number of rotatable bonds is 5. The van der Waals surface area contributed by atoms with Gasteiger partial charge in [0.1, 0.15) is 6.54 Å². The lowest BCUT2D eigenvalue weighted by atomic mass is 10.2. The highest BCUT2D eigenvalue weighted by atomic mass is 32.1. The standard InChI is InChI=1S/C11H12N6OS/c12-4-9-6-17(15-14-9)7-10(18)3-8-5-16-1-2-19-11(16)13-8/h1-2,5-6H,3-4,7,12H2. The van der Waals surface area contributed by atoms with Gasteiger partial charge in [0.15, 0.2) is 10.7 Å². The zero-order chi connectivity index (χ0) is 13.2. The number of hydrogen-bond acceptors (Lipinski definition) is 6. The average Bonchev–Trinajstić information content (AvgIpc) is 3.03. The van der Waals surface area contributed by atoms with Crippen molar-refractivity contribution in [1.29, 1.82) is 0 Å². The molecular formula is C11H12N6OS. The lowest BCUT2D eigenvalue weighted by Gasteiger charge is -1.97. The van der Waals surface area contributed by atoms with Crippen LogP contribution in [0.3, 0.4) is 0 Å². The second-order valence-corrected chi connectivity index (χ2v) is 5.03. The highest BCUT2D eigenvalue weighted by Gasteiger charge is 2.10. The van der Waals surface area contributed by atoms with Crippen molar-refractivity contribution in [2.24, 2.45) is 5.73 Å². The molecule has 3 aromatic heterocycles. The van der Waals surface area contributed by atoms with E-state index in [1.54, 1.807) is 17.5 Å². The molecule has 3 aromatic rings. The van der Waals surface area contributed by atoms with Crippen LogP contribution in [0, 0.1) is 0 Å². The molecule has 0 saturated carbocycles. The number of nitrogens with two attached hydrogens (primary N) is 1. The van der Waals surface area contributed by atoms with E-state index in [-0.39, 0.29) is 12.3 Å². The van der Waals surface area contributed by atoms with Gasteiger partial charge in [-0.3, -0.25) is 9.20 Å². The van der Waals surface area contributed by atoms with E-state index in [1.165, 1.54) is 4.68 Å². The summed E-state index contributed by atoms with van der Waals surface area (Å²) in [4.78, 5) is 17.2. The molecule has 0 aliphatic rings. The molecular weight excluding hydrogens is 264 g/mol. The third-order valence-electron chi connectivity index (χ3n) is 2.66. The smallest absolute Gasteiger partial charge is 0.193 e. The van der Waals surface area contributed by atoms with Crippen LogP contribution in [0.15, 0.2) is 24.0 Å². The summed E-state index contributed by atoms with van der Waals surface area (Å²) in [6.07, 6.45) is 5.78. The van der Waals surface area contributed by atoms with Crippen LogP contribution in [-0.2, 0) is 24.3 Å². The topological polar surface area (TPSA) is 91.1 Å². The van der Waals surface area contributed by atoms with Crippen molar-refractivity contribution in [2.45, 2.75) is 19.5 Å². The summed E-state index contributed by atoms with van der Waals surface area (Å²) in [6.45, 7) is 0.518. The highest BCUT2D eigenvalue weighted by Crippen LogP contribution is 2.12. The molecule has 0 fully saturated rings. The zero-order valence-corrected chi connectivity index (χ0v) is 10.9. The van der Waals surface area contributed by atoms with Gasteiger partial charge in [0.2, 0.25) is 0 Å². The van der Waals surface area contributed by atoms with E-state index in [4.69, 9.17) is 5.73 Å². The number of imidazole rings is 1. The second kappa shape index (κ2) is 4.90. The number of thiazole rings is 1. The molecule has 98 valence electrons. The summed E-state index contributed by atoms with van der Waals surface area (Å²) in [5.41, 5.74) is 6.89. The lowest BCUT2D eigenvalue weighted by Crippen LogP contribution is -2.13. The number of carbonyl (C=O) groups excluding carboxylic acids is 1. The first kappa shape index (κ1) is 12.0. The monoisotopic (exact) mass is 276 g/mol. The zero-order valence-electron chi connectivity index (χ0n) is 10.1. The normalized spacial score (nSPS) is 11.2. The molecule has 3 rings (SSSR count). The minimum Gasteiger partial charge on any atom is -0.325 e. The van der Waals surface area contributed by atoms with Crippen LogP contribution in [0.5, 0.6) is 0 Å². The SMILES string of the molecule is NCc1cn(CC(=O)Cc2cn3ccsc3n2)nn1. The van der Waals surface area contributed by atoms with E-state index in [2.05, 4.69) is 15.3 Å². The van der Waals surface area contributed by atoms with Gasteiger partial charge in [-0.25, -0.2) is 9.67 Å². The molecule has 0 spiro atoms. The molecule has 0 aliphatic heterocycles. The molecule has 2 N–H and O–H groups in total. The summed E-state index contributed by atoms with van der Waals surface area (Å²) < 4.78 is 3.41. The Bertz CT molecular complexity index is 683. The molecule has 7 nitrogen and oxygen atoms in total. The Hall–Kier alpha value is -2.06. The molecule has 0 atom stereocenters. The van der Waals surface area contributed by atoms with Gasteiger partial charge in [0.05, 0.1) is 24.0 Å². The highest BCUT2D eigenvalue weighted by molar-refractivity contribution is 7.15. The number of nitrogens with zero attached hydrogens (tertiary/aromatic N) is 5. The van der Waals surface area contributed by atoms with Crippen molar-refractivity contribution in [2.75, 3.05) is 0 Å². The van der Waals surface area contributed by atoms with Crippen molar-refractivity contribution >= 4 is 22.1 Å². The predicted molar refractivity (Wildman–Crippen MR) is 69.7 cm³/mol. The van der Waals surface area contributed by atoms with Gasteiger partial charge >= 0.3 is 0 Å². The maximum absolute atomic E-state index is 11.9. The van der Waals surface area contributed by atoms with Crippen LogP contribution in [0.25, 0.3) is 4.96 Å². The van der Waals surface area contributed by atoms with Gasteiger partial charge in [0, 0.05) is 24.3 Å². The van der Waals surface area contributed by atoms with Gasteiger partial charge in [-0.2, -0.15) is 0 Å².